The topological polar surface area (TPSA) is 73.3 Å². The molecule has 1 N–H and O–H groups in total. The van der Waals surface area contributed by atoms with Crippen molar-refractivity contribution in [2.75, 3.05) is 19.5 Å². The van der Waals surface area contributed by atoms with Gasteiger partial charge in [-0.1, -0.05) is 0 Å². The summed E-state index contributed by atoms with van der Waals surface area (Å²) in [6.45, 7) is -0.177. The van der Waals surface area contributed by atoms with Crippen LogP contribution in [-0.2, 0) is 9.47 Å². The van der Waals surface area contributed by atoms with Gasteiger partial charge in [0.2, 0.25) is 5.85 Å². The number of halogens is 1. The largest absolute Gasteiger partial charge is 0.379 e. The summed E-state index contributed by atoms with van der Waals surface area (Å²) < 4.78 is 25.8. The Hall–Kier alpha value is -1.12. The van der Waals surface area contributed by atoms with E-state index in [0.717, 1.165) is 12.2 Å². The van der Waals surface area contributed by atoms with Crippen molar-refractivity contribution < 1.29 is 13.9 Å². The lowest BCUT2D eigenvalue weighted by molar-refractivity contribution is -0.183. The van der Waals surface area contributed by atoms with Gasteiger partial charge in [0.05, 0.1) is 4.75 Å². The number of aromatic nitrogens is 2. The lowest BCUT2D eigenvalue weighted by atomic mass is 9.96. The van der Waals surface area contributed by atoms with E-state index in [2.05, 4.69) is 4.98 Å². The highest BCUT2D eigenvalue weighted by Crippen LogP contribution is 2.59. The smallest absolute Gasteiger partial charge is 0.330 e. The Morgan fingerprint density at radius 3 is 2.95 bits per heavy atom. The van der Waals surface area contributed by atoms with Crippen LogP contribution in [0.1, 0.15) is 19.1 Å². The van der Waals surface area contributed by atoms with E-state index in [-0.39, 0.29) is 13.0 Å². The number of nitrogens with zero attached hydrogens (tertiary/aromatic N) is 1. The summed E-state index contributed by atoms with van der Waals surface area (Å²) >= 11 is 1.59. The highest BCUT2D eigenvalue weighted by molar-refractivity contribution is 8.02. The fourth-order valence-corrected chi connectivity index (χ4v) is 4.15. The first kappa shape index (κ1) is 13.8. The molecule has 3 atom stereocenters. The maximum Gasteiger partial charge on any atom is 0.330 e. The van der Waals surface area contributed by atoms with Gasteiger partial charge in [-0.2, -0.15) is 11.8 Å². The molecule has 2 fully saturated rings. The fourth-order valence-electron chi connectivity index (χ4n) is 2.80. The minimum atomic E-state index is -1.90. The van der Waals surface area contributed by atoms with Crippen molar-refractivity contribution >= 4 is 11.8 Å². The molecular weight excluding hydrogens is 287 g/mol. The lowest BCUT2D eigenvalue weighted by Crippen LogP contribution is -2.44. The van der Waals surface area contributed by atoms with Crippen LogP contribution in [0.15, 0.2) is 21.9 Å². The number of alkyl halides is 1. The number of hydrogen-bond donors (Lipinski definition) is 1. The first-order valence-corrected chi connectivity index (χ1v) is 7.28. The fraction of sp³-hybridized carbons (Fsp3) is 0.667. The second-order valence-corrected chi connectivity index (χ2v) is 6.65. The van der Waals surface area contributed by atoms with Crippen LogP contribution in [0, 0.1) is 0 Å². The van der Waals surface area contributed by atoms with Gasteiger partial charge in [-0.25, -0.2) is 9.18 Å². The molecule has 110 valence electrons. The molecule has 1 aromatic heterocycles. The van der Waals surface area contributed by atoms with E-state index in [1.165, 1.54) is 23.9 Å². The molecule has 1 unspecified atom stereocenters. The maximum absolute atomic E-state index is 14.6. The van der Waals surface area contributed by atoms with Crippen molar-refractivity contribution in [3.05, 3.63) is 33.1 Å². The summed E-state index contributed by atoms with van der Waals surface area (Å²) in [6.07, 6.45) is 1.56. The number of H-pyrrole nitrogens is 1. The van der Waals surface area contributed by atoms with E-state index < -0.39 is 28.1 Å². The summed E-state index contributed by atoms with van der Waals surface area (Å²) in [7, 11) is 1.41. The summed E-state index contributed by atoms with van der Waals surface area (Å²) in [5.74, 6) is -0.997. The van der Waals surface area contributed by atoms with E-state index in [1.807, 2.05) is 0 Å². The number of thioether (sulfide) groups is 1. The molecular formula is C12H15FN2O4S. The number of hydrogen-bond acceptors (Lipinski definition) is 5. The summed E-state index contributed by atoms with van der Waals surface area (Å²) in [4.78, 5) is 25.2. The van der Waals surface area contributed by atoms with Crippen LogP contribution >= 0.6 is 11.8 Å². The van der Waals surface area contributed by atoms with E-state index in [1.54, 1.807) is 11.8 Å². The van der Waals surface area contributed by atoms with Gasteiger partial charge >= 0.3 is 5.69 Å². The van der Waals surface area contributed by atoms with E-state index in [0.29, 0.717) is 0 Å². The van der Waals surface area contributed by atoms with Gasteiger partial charge in [0, 0.05) is 25.8 Å². The Balaban J connectivity index is 1.99. The minimum Gasteiger partial charge on any atom is -0.379 e. The first-order valence-electron chi connectivity index (χ1n) is 6.29. The third-order valence-corrected chi connectivity index (χ3v) is 5.25. The van der Waals surface area contributed by atoms with Crippen LogP contribution in [0.2, 0.25) is 0 Å². The van der Waals surface area contributed by atoms with Gasteiger partial charge in [-0.15, -0.1) is 0 Å². The van der Waals surface area contributed by atoms with E-state index in [9.17, 15) is 14.0 Å². The number of ether oxygens (including phenoxy) is 2. The molecule has 8 heteroatoms. The van der Waals surface area contributed by atoms with Gasteiger partial charge in [0.1, 0.15) is 6.61 Å². The second-order valence-electron chi connectivity index (χ2n) is 5.14. The summed E-state index contributed by atoms with van der Waals surface area (Å²) in [5, 5.41) is 0. The molecule has 20 heavy (non-hydrogen) atoms. The van der Waals surface area contributed by atoms with Gasteiger partial charge < -0.3 is 9.47 Å². The Bertz CT molecular complexity index is 626. The number of rotatable bonds is 3. The molecule has 3 heterocycles. The molecule has 0 aliphatic carbocycles. The van der Waals surface area contributed by atoms with Crippen molar-refractivity contribution in [2.24, 2.45) is 0 Å². The first-order chi connectivity index (χ1) is 9.48. The standard InChI is InChI=1S/C12H15FN2O4S/c1-18-7-12(13)6-11(3-5-20-11)9(19-12)15-4-2-8(16)14-10(15)17/h2,4,9H,3,5-7H2,1H3,(H,14,16,17)/t9?,11-,12+/m1/s1. The quantitative estimate of drug-likeness (QED) is 0.887. The lowest BCUT2D eigenvalue weighted by Gasteiger charge is -2.40. The van der Waals surface area contributed by atoms with Crippen LogP contribution in [0.5, 0.6) is 0 Å². The van der Waals surface area contributed by atoms with Crippen molar-refractivity contribution in [3.8, 4) is 0 Å². The number of nitrogens with one attached hydrogen (secondary N) is 1. The summed E-state index contributed by atoms with van der Waals surface area (Å²) in [5.41, 5.74) is -1.07. The molecule has 0 aromatic carbocycles. The molecule has 1 spiro atoms. The molecule has 0 bridgehead atoms. The average molecular weight is 302 g/mol. The zero-order chi connectivity index (χ0) is 14.4. The third kappa shape index (κ3) is 2.11. The van der Waals surface area contributed by atoms with E-state index in [4.69, 9.17) is 9.47 Å². The zero-order valence-corrected chi connectivity index (χ0v) is 11.7. The Morgan fingerprint density at radius 2 is 2.40 bits per heavy atom. The Morgan fingerprint density at radius 1 is 1.65 bits per heavy atom. The average Bonchev–Trinajstić information content (AvgIpc) is 2.63. The third-order valence-electron chi connectivity index (χ3n) is 3.71. The van der Waals surface area contributed by atoms with Crippen LogP contribution in [-0.4, -0.2) is 39.6 Å². The highest BCUT2D eigenvalue weighted by Gasteiger charge is 2.61. The molecule has 6 nitrogen and oxygen atoms in total. The monoisotopic (exact) mass is 302 g/mol. The van der Waals surface area contributed by atoms with Gasteiger partial charge in [0.15, 0.2) is 6.23 Å². The van der Waals surface area contributed by atoms with Crippen LogP contribution in [0.4, 0.5) is 4.39 Å². The molecule has 2 aliphatic heterocycles. The number of methoxy groups -OCH3 is 1. The molecule has 3 rings (SSSR count). The number of aromatic amines is 1. The van der Waals surface area contributed by atoms with Gasteiger partial charge in [0.25, 0.3) is 5.56 Å². The molecule has 0 amide bonds. The van der Waals surface area contributed by atoms with Gasteiger partial charge in [-0.3, -0.25) is 14.3 Å². The molecule has 0 radical (unpaired) electrons. The Labute approximate surface area is 118 Å². The van der Waals surface area contributed by atoms with Crippen molar-refractivity contribution in [1.82, 2.24) is 9.55 Å². The molecule has 2 saturated heterocycles. The van der Waals surface area contributed by atoms with Crippen LogP contribution in [0.3, 0.4) is 0 Å². The molecule has 0 saturated carbocycles. The minimum absolute atomic E-state index is 0.175. The predicted molar refractivity (Wildman–Crippen MR) is 71.6 cm³/mol. The zero-order valence-electron chi connectivity index (χ0n) is 10.9. The predicted octanol–water partition coefficient (Wildman–Crippen LogP) is 0.643. The SMILES string of the molecule is COC[C@]1(F)C[C@]2(CCS2)C(n2ccc(=O)[nH]c2=O)O1. The maximum atomic E-state index is 14.6. The second kappa shape index (κ2) is 4.71. The van der Waals surface area contributed by atoms with Gasteiger partial charge in [-0.05, 0) is 12.2 Å². The van der Waals surface area contributed by atoms with Crippen LogP contribution in [0.25, 0.3) is 0 Å². The molecule has 1 aromatic rings. The summed E-state index contributed by atoms with van der Waals surface area (Å²) in [6, 6.07) is 1.23. The van der Waals surface area contributed by atoms with Crippen molar-refractivity contribution in [3.63, 3.8) is 0 Å². The Kier molecular flexibility index (Phi) is 3.26. The van der Waals surface area contributed by atoms with Crippen LogP contribution < -0.4 is 11.2 Å². The highest BCUT2D eigenvalue weighted by atomic mass is 32.2. The molecule has 2 aliphatic rings. The van der Waals surface area contributed by atoms with E-state index >= 15 is 0 Å². The van der Waals surface area contributed by atoms with Crippen molar-refractivity contribution in [1.29, 1.82) is 0 Å². The normalized spacial score (nSPS) is 36.2. The van der Waals surface area contributed by atoms with Crippen molar-refractivity contribution in [2.45, 2.75) is 29.7 Å².